The summed E-state index contributed by atoms with van der Waals surface area (Å²) in [5, 5.41) is 11.6. The molecule has 3 aliphatic heterocycles. The molecule has 1 atom stereocenters. The lowest BCUT2D eigenvalue weighted by Gasteiger charge is -2.33. The first-order valence-electron chi connectivity index (χ1n) is 14.0. The topological polar surface area (TPSA) is 120 Å². The quantitative estimate of drug-likeness (QED) is 0.397. The molecule has 6 rings (SSSR count). The predicted molar refractivity (Wildman–Crippen MR) is 156 cm³/mol. The molecule has 3 aromatic carbocycles. The zero-order chi connectivity index (χ0) is 30.1. The molecule has 3 heterocycles. The number of imide groups is 2. The molecule has 0 unspecified atom stereocenters. The third kappa shape index (κ3) is 5.70. The van der Waals surface area contributed by atoms with Gasteiger partial charge >= 0.3 is 0 Å². The van der Waals surface area contributed by atoms with Gasteiger partial charge < -0.3 is 9.64 Å². The largest absolute Gasteiger partial charge is 0.488 e. The number of hydrogen-bond acceptors (Lipinski definition) is 8. The predicted octanol–water partition coefficient (Wildman–Crippen LogP) is 4.44. The lowest BCUT2D eigenvalue weighted by atomic mass is 10.0. The number of ether oxygens (including phenoxy) is 1. The van der Waals surface area contributed by atoms with E-state index in [0.717, 1.165) is 41.3 Å². The van der Waals surface area contributed by atoms with E-state index >= 15 is 0 Å². The molecule has 0 spiro atoms. The van der Waals surface area contributed by atoms with Gasteiger partial charge in [-0.2, -0.15) is 5.26 Å². The minimum atomic E-state index is -1.03. The Morgan fingerprint density at radius 2 is 1.74 bits per heavy atom. The SMILES string of the molecule is N#Cc1ccc(N2CCC(Sc3ccc(COc4cccc5c4C(=O)N([C@H]4CCC(=O)NC4=O)C5=O)cc3)CC2)c(F)c1. The van der Waals surface area contributed by atoms with E-state index in [1.54, 1.807) is 36.0 Å². The van der Waals surface area contributed by atoms with Crippen LogP contribution in [0.2, 0.25) is 0 Å². The maximum absolute atomic E-state index is 14.4. The van der Waals surface area contributed by atoms with E-state index in [0.29, 0.717) is 16.5 Å². The minimum Gasteiger partial charge on any atom is -0.488 e. The summed E-state index contributed by atoms with van der Waals surface area (Å²) >= 11 is 1.78. The summed E-state index contributed by atoms with van der Waals surface area (Å²) < 4.78 is 20.4. The van der Waals surface area contributed by atoms with Crippen molar-refractivity contribution in [1.82, 2.24) is 10.2 Å². The number of carbonyl (C=O) groups excluding carboxylic acids is 4. The van der Waals surface area contributed by atoms with Gasteiger partial charge in [0, 0.05) is 29.7 Å². The van der Waals surface area contributed by atoms with E-state index in [9.17, 15) is 23.6 Å². The number of nitrogens with zero attached hydrogens (tertiary/aromatic N) is 3. The van der Waals surface area contributed by atoms with Crippen molar-refractivity contribution in [1.29, 1.82) is 5.26 Å². The highest BCUT2D eigenvalue weighted by atomic mass is 32.2. The van der Waals surface area contributed by atoms with Gasteiger partial charge in [0.1, 0.15) is 24.2 Å². The van der Waals surface area contributed by atoms with Crippen LogP contribution in [-0.2, 0) is 16.2 Å². The lowest BCUT2D eigenvalue weighted by molar-refractivity contribution is -0.136. The minimum absolute atomic E-state index is 0.0548. The van der Waals surface area contributed by atoms with Crippen LogP contribution in [0, 0.1) is 17.1 Å². The molecule has 2 fully saturated rings. The molecule has 43 heavy (non-hydrogen) atoms. The second-order valence-electron chi connectivity index (χ2n) is 10.6. The summed E-state index contributed by atoms with van der Waals surface area (Å²) in [6, 6.07) is 18.3. The van der Waals surface area contributed by atoms with Crippen molar-refractivity contribution in [2.75, 3.05) is 18.0 Å². The van der Waals surface area contributed by atoms with Crippen LogP contribution in [0.5, 0.6) is 5.75 Å². The molecule has 218 valence electrons. The second-order valence-corrected chi connectivity index (χ2v) is 12.0. The Morgan fingerprint density at radius 1 is 0.977 bits per heavy atom. The van der Waals surface area contributed by atoms with Crippen molar-refractivity contribution in [2.24, 2.45) is 0 Å². The van der Waals surface area contributed by atoms with E-state index in [2.05, 4.69) is 5.32 Å². The average Bonchev–Trinajstić information content (AvgIpc) is 3.27. The number of benzene rings is 3. The summed E-state index contributed by atoms with van der Waals surface area (Å²) in [5.41, 5.74) is 2.02. The van der Waals surface area contributed by atoms with Crippen LogP contribution in [0.4, 0.5) is 10.1 Å². The van der Waals surface area contributed by atoms with E-state index in [1.165, 1.54) is 12.1 Å². The molecule has 0 bridgehead atoms. The fourth-order valence-electron chi connectivity index (χ4n) is 5.67. The number of amides is 4. The van der Waals surface area contributed by atoms with Gasteiger partial charge in [-0.25, -0.2) is 4.39 Å². The fraction of sp³-hybridized carbons (Fsp3) is 0.281. The van der Waals surface area contributed by atoms with E-state index in [4.69, 9.17) is 10.00 Å². The maximum Gasteiger partial charge on any atom is 0.266 e. The highest BCUT2D eigenvalue weighted by molar-refractivity contribution is 8.00. The van der Waals surface area contributed by atoms with Crippen LogP contribution in [0.25, 0.3) is 0 Å². The first-order chi connectivity index (χ1) is 20.8. The third-order valence-electron chi connectivity index (χ3n) is 7.91. The van der Waals surface area contributed by atoms with Crippen LogP contribution in [0.15, 0.2) is 65.6 Å². The standard InChI is InChI=1S/C32H27FN4O5S/c33-24-16-20(17-34)6-9-25(24)36-14-12-22(13-15-36)43-21-7-4-19(5-8-21)18-42-27-3-1-2-23-29(27)32(41)37(31(23)40)26-10-11-28(38)35-30(26)39/h1-9,16,22,26H,10-15,18H2,(H,35,38,39)/t26-/m0/s1. The highest BCUT2D eigenvalue weighted by Crippen LogP contribution is 2.35. The molecule has 2 saturated heterocycles. The van der Waals surface area contributed by atoms with Gasteiger partial charge in [-0.1, -0.05) is 18.2 Å². The van der Waals surface area contributed by atoms with Crippen molar-refractivity contribution in [3.05, 3.63) is 88.7 Å². The molecular formula is C32H27FN4O5S. The zero-order valence-corrected chi connectivity index (χ0v) is 23.9. The molecule has 11 heteroatoms. The van der Waals surface area contributed by atoms with Gasteiger partial charge in [-0.05, 0) is 67.3 Å². The molecule has 3 aromatic rings. The summed E-state index contributed by atoms with van der Waals surface area (Å²) in [7, 11) is 0. The Bertz CT molecular complexity index is 1660. The Hall–Kier alpha value is -4.69. The number of nitrogens with one attached hydrogen (secondary N) is 1. The number of fused-ring (bicyclic) bond motifs is 1. The van der Waals surface area contributed by atoms with E-state index in [-0.39, 0.29) is 42.1 Å². The van der Waals surface area contributed by atoms with Gasteiger partial charge in [-0.3, -0.25) is 29.4 Å². The van der Waals surface area contributed by atoms with Crippen LogP contribution in [-0.4, -0.2) is 52.9 Å². The molecule has 4 amide bonds. The van der Waals surface area contributed by atoms with Crippen LogP contribution >= 0.6 is 11.8 Å². The lowest BCUT2D eigenvalue weighted by Crippen LogP contribution is -2.54. The molecule has 3 aliphatic rings. The van der Waals surface area contributed by atoms with Crippen molar-refractivity contribution in [3.63, 3.8) is 0 Å². The summed E-state index contributed by atoms with van der Waals surface area (Å²) in [6.07, 6.45) is 1.94. The number of hydrogen-bond donors (Lipinski definition) is 1. The Labute approximate surface area is 251 Å². The molecular weight excluding hydrogens is 571 g/mol. The van der Waals surface area contributed by atoms with Crippen LogP contribution < -0.4 is 15.0 Å². The number of piperidine rings is 2. The van der Waals surface area contributed by atoms with Crippen molar-refractivity contribution in [2.45, 2.75) is 48.5 Å². The smallest absolute Gasteiger partial charge is 0.266 e. The zero-order valence-electron chi connectivity index (χ0n) is 23.0. The Kier molecular flexibility index (Phi) is 7.86. The Morgan fingerprint density at radius 3 is 2.44 bits per heavy atom. The fourth-order valence-corrected chi connectivity index (χ4v) is 6.79. The van der Waals surface area contributed by atoms with E-state index < -0.39 is 29.7 Å². The van der Waals surface area contributed by atoms with Crippen molar-refractivity contribution < 1.29 is 28.3 Å². The molecule has 9 nitrogen and oxygen atoms in total. The van der Waals surface area contributed by atoms with Crippen LogP contribution in [0.3, 0.4) is 0 Å². The van der Waals surface area contributed by atoms with Crippen molar-refractivity contribution in [3.8, 4) is 11.8 Å². The van der Waals surface area contributed by atoms with Gasteiger partial charge in [0.05, 0.1) is 28.4 Å². The summed E-state index contributed by atoms with van der Waals surface area (Å²) in [5.74, 6) is -2.37. The van der Waals surface area contributed by atoms with E-state index in [1.807, 2.05) is 35.2 Å². The second kappa shape index (κ2) is 11.9. The Balaban J connectivity index is 1.05. The normalized spacial score (nSPS) is 18.8. The first-order valence-corrected chi connectivity index (χ1v) is 14.9. The molecule has 0 saturated carbocycles. The van der Waals surface area contributed by atoms with Crippen molar-refractivity contribution >= 4 is 41.1 Å². The van der Waals surface area contributed by atoms with Gasteiger partial charge in [-0.15, -0.1) is 11.8 Å². The number of nitriles is 1. The van der Waals surface area contributed by atoms with Gasteiger partial charge in [0.15, 0.2) is 0 Å². The molecule has 0 aliphatic carbocycles. The van der Waals surface area contributed by atoms with Gasteiger partial charge in [0.2, 0.25) is 11.8 Å². The number of halogens is 1. The number of carbonyl (C=O) groups is 4. The first kappa shape index (κ1) is 28.4. The monoisotopic (exact) mass is 598 g/mol. The van der Waals surface area contributed by atoms with Crippen LogP contribution in [0.1, 0.15) is 57.5 Å². The summed E-state index contributed by atoms with van der Waals surface area (Å²) in [6.45, 7) is 1.64. The highest BCUT2D eigenvalue weighted by Gasteiger charge is 2.46. The molecule has 0 aromatic heterocycles. The number of rotatable bonds is 7. The third-order valence-corrected chi connectivity index (χ3v) is 9.26. The van der Waals surface area contributed by atoms with Gasteiger partial charge in [0.25, 0.3) is 11.8 Å². The number of anilines is 1. The summed E-state index contributed by atoms with van der Waals surface area (Å²) in [4.78, 5) is 54.3. The molecule has 0 radical (unpaired) electrons. The number of thioether (sulfide) groups is 1. The average molecular weight is 599 g/mol. The maximum atomic E-state index is 14.4. The molecule has 1 N–H and O–H groups in total.